The van der Waals surface area contributed by atoms with Gasteiger partial charge in [0.25, 0.3) is 5.91 Å². The zero-order valence-corrected chi connectivity index (χ0v) is 16.4. The van der Waals surface area contributed by atoms with Gasteiger partial charge in [-0.25, -0.2) is 0 Å². The molecule has 1 atom stereocenters. The summed E-state index contributed by atoms with van der Waals surface area (Å²) >= 11 is 7.95. The molecular weight excluding hydrogens is 380 g/mol. The molecule has 1 amide bonds. The van der Waals surface area contributed by atoms with Gasteiger partial charge in [0, 0.05) is 17.0 Å². The SMILES string of the molecule is O=C(NC[C@@H](c1cccs1)N1CCCC1)c1ccc(-c2ccccc2Cl)o1. The fourth-order valence-corrected chi connectivity index (χ4v) is 4.58. The van der Waals surface area contributed by atoms with Crippen molar-refractivity contribution in [3.8, 4) is 11.3 Å². The normalized spacial score (nSPS) is 15.7. The largest absolute Gasteiger partial charge is 0.451 e. The van der Waals surface area contributed by atoms with Gasteiger partial charge in [0.15, 0.2) is 5.76 Å². The summed E-state index contributed by atoms with van der Waals surface area (Å²) < 4.78 is 5.75. The van der Waals surface area contributed by atoms with Crippen molar-refractivity contribution in [3.63, 3.8) is 0 Å². The molecule has 140 valence electrons. The van der Waals surface area contributed by atoms with Gasteiger partial charge in [-0.3, -0.25) is 9.69 Å². The molecule has 4 nitrogen and oxygen atoms in total. The van der Waals surface area contributed by atoms with Crippen molar-refractivity contribution >= 4 is 28.8 Å². The average molecular weight is 401 g/mol. The molecule has 1 aliphatic rings. The number of hydrogen-bond acceptors (Lipinski definition) is 4. The molecule has 0 spiro atoms. The quantitative estimate of drug-likeness (QED) is 0.616. The molecule has 3 heterocycles. The van der Waals surface area contributed by atoms with Gasteiger partial charge in [-0.1, -0.05) is 29.8 Å². The number of nitrogens with zero attached hydrogens (tertiary/aromatic N) is 1. The molecule has 3 aromatic rings. The molecule has 27 heavy (non-hydrogen) atoms. The van der Waals surface area contributed by atoms with Crippen molar-refractivity contribution in [1.29, 1.82) is 0 Å². The van der Waals surface area contributed by atoms with E-state index in [0.717, 1.165) is 18.7 Å². The third kappa shape index (κ3) is 4.10. The standard InChI is InChI=1S/C21H21ClN2O2S/c22-16-7-2-1-6-15(16)18-9-10-19(26-18)21(25)23-14-17(20-8-5-13-27-20)24-11-3-4-12-24/h1-2,5-10,13,17H,3-4,11-12,14H2,(H,23,25)/t17-/m0/s1. The number of nitrogens with one attached hydrogen (secondary N) is 1. The van der Waals surface area contributed by atoms with Crippen LogP contribution >= 0.6 is 22.9 Å². The molecule has 2 aromatic heterocycles. The Morgan fingerprint density at radius 1 is 1.15 bits per heavy atom. The molecule has 1 aliphatic heterocycles. The second kappa shape index (κ2) is 8.30. The number of benzene rings is 1. The third-order valence-electron chi connectivity index (χ3n) is 4.88. The lowest BCUT2D eigenvalue weighted by Crippen LogP contribution is -2.36. The van der Waals surface area contributed by atoms with Crippen LogP contribution in [-0.4, -0.2) is 30.4 Å². The highest BCUT2D eigenvalue weighted by atomic mass is 35.5. The van der Waals surface area contributed by atoms with Crippen LogP contribution in [0.25, 0.3) is 11.3 Å². The zero-order chi connectivity index (χ0) is 18.6. The molecule has 1 N–H and O–H groups in total. The van der Waals surface area contributed by atoms with Crippen LogP contribution in [0, 0.1) is 0 Å². The lowest BCUT2D eigenvalue weighted by atomic mass is 10.2. The van der Waals surface area contributed by atoms with Gasteiger partial charge in [0.05, 0.1) is 11.1 Å². The Hall–Kier alpha value is -2.08. The maximum atomic E-state index is 12.6. The number of halogens is 1. The van der Waals surface area contributed by atoms with E-state index in [-0.39, 0.29) is 11.9 Å². The second-order valence-corrected chi connectivity index (χ2v) is 8.01. The topological polar surface area (TPSA) is 45.5 Å². The van der Waals surface area contributed by atoms with E-state index in [4.69, 9.17) is 16.0 Å². The molecule has 0 saturated carbocycles. The van der Waals surface area contributed by atoms with Crippen molar-refractivity contribution < 1.29 is 9.21 Å². The number of furan rings is 1. The van der Waals surface area contributed by atoms with Gasteiger partial charge in [-0.2, -0.15) is 0 Å². The Morgan fingerprint density at radius 3 is 2.70 bits per heavy atom. The molecule has 1 aromatic carbocycles. The van der Waals surface area contributed by atoms with Gasteiger partial charge < -0.3 is 9.73 Å². The summed E-state index contributed by atoms with van der Waals surface area (Å²) in [6, 6.07) is 15.3. The molecule has 0 radical (unpaired) electrons. The van der Waals surface area contributed by atoms with E-state index >= 15 is 0 Å². The lowest BCUT2D eigenvalue weighted by molar-refractivity contribution is 0.0911. The summed E-state index contributed by atoms with van der Waals surface area (Å²) in [6.07, 6.45) is 2.43. The first-order valence-electron chi connectivity index (χ1n) is 9.13. The van der Waals surface area contributed by atoms with Crippen LogP contribution in [0.2, 0.25) is 5.02 Å². The summed E-state index contributed by atoms with van der Waals surface area (Å²) in [6.45, 7) is 2.73. The Morgan fingerprint density at radius 2 is 1.96 bits per heavy atom. The number of amides is 1. The van der Waals surface area contributed by atoms with Crippen molar-refractivity contribution in [1.82, 2.24) is 10.2 Å². The summed E-state index contributed by atoms with van der Waals surface area (Å²) in [5.41, 5.74) is 0.784. The summed E-state index contributed by atoms with van der Waals surface area (Å²) in [7, 11) is 0. The van der Waals surface area contributed by atoms with Gasteiger partial charge >= 0.3 is 0 Å². The highest BCUT2D eigenvalue weighted by Gasteiger charge is 2.25. The number of carbonyl (C=O) groups is 1. The Labute approximate surface area is 167 Å². The highest BCUT2D eigenvalue weighted by molar-refractivity contribution is 7.10. The summed E-state index contributed by atoms with van der Waals surface area (Å²) in [4.78, 5) is 16.3. The third-order valence-corrected chi connectivity index (χ3v) is 6.18. The van der Waals surface area contributed by atoms with Crippen LogP contribution in [0.15, 0.2) is 58.3 Å². The van der Waals surface area contributed by atoms with Gasteiger partial charge in [-0.15, -0.1) is 11.3 Å². The Kier molecular flexibility index (Phi) is 5.62. The molecule has 0 bridgehead atoms. The summed E-state index contributed by atoms with van der Waals surface area (Å²) in [5.74, 6) is 0.699. The first kappa shape index (κ1) is 18.3. The van der Waals surface area contributed by atoms with Gasteiger partial charge in [0.1, 0.15) is 5.76 Å². The molecule has 0 unspecified atom stereocenters. The van der Waals surface area contributed by atoms with E-state index in [1.807, 2.05) is 18.2 Å². The van der Waals surface area contributed by atoms with Crippen LogP contribution in [0.4, 0.5) is 0 Å². The minimum Gasteiger partial charge on any atom is -0.451 e. The first-order valence-corrected chi connectivity index (χ1v) is 10.4. The number of rotatable bonds is 6. The predicted octanol–water partition coefficient (Wildman–Crippen LogP) is 5.23. The van der Waals surface area contributed by atoms with Gasteiger partial charge in [0.2, 0.25) is 0 Å². The summed E-state index contributed by atoms with van der Waals surface area (Å²) in [5, 5.41) is 5.73. The smallest absolute Gasteiger partial charge is 0.287 e. The monoisotopic (exact) mass is 400 g/mol. The number of thiophene rings is 1. The van der Waals surface area contributed by atoms with Gasteiger partial charge in [-0.05, 0) is 61.6 Å². The molecule has 6 heteroatoms. The van der Waals surface area contributed by atoms with E-state index < -0.39 is 0 Å². The maximum Gasteiger partial charge on any atom is 0.287 e. The van der Waals surface area contributed by atoms with E-state index in [2.05, 4.69) is 27.7 Å². The zero-order valence-electron chi connectivity index (χ0n) is 14.9. The fourth-order valence-electron chi connectivity index (χ4n) is 3.49. The average Bonchev–Trinajstić information content (AvgIpc) is 3.44. The van der Waals surface area contributed by atoms with Crippen molar-refractivity contribution in [2.75, 3.05) is 19.6 Å². The molecular formula is C21H21ClN2O2S. The number of likely N-dealkylation sites (tertiary alicyclic amines) is 1. The predicted molar refractivity (Wildman–Crippen MR) is 109 cm³/mol. The Bertz CT molecular complexity index is 901. The number of hydrogen-bond donors (Lipinski definition) is 1. The van der Waals surface area contributed by atoms with Crippen LogP contribution in [0.3, 0.4) is 0 Å². The minimum atomic E-state index is -0.200. The number of carbonyl (C=O) groups excluding carboxylic acids is 1. The van der Waals surface area contributed by atoms with Crippen molar-refractivity contribution in [2.24, 2.45) is 0 Å². The van der Waals surface area contributed by atoms with E-state index in [1.54, 1.807) is 29.5 Å². The van der Waals surface area contributed by atoms with E-state index in [9.17, 15) is 4.79 Å². The lowest BCUT2D eigenvalue weighted by Gasteiger charge is -2.26. The van der Waals surface area contributed by atoms with E-state index in [0.29, 0.717) is 23.1 Å². The molecule has 4 rings (SSSR count). The first-order chi connectivity index (χ1) is 13.2. The van der Waals surface area contributed by atoms with Crippen LogP contribution in [0.5, 0.6) is 0 Å². The van der Waals surface area contributed by atoms with Crippen LogP contribution in [-0.2, 0) is 0 Å². The van der Waals surface area contributed by atoms with Crippen LogP contribution < -0.4 is 5.32 Å². The van der Waals surface area contributed by atoms with E-state index in [1.165, 1.54) is 17.7 Å². The van der Waals surface area contributed by atoms with Crippen molar-refractivity contribution in [3.05, 3.63) is 69.6 Å². The minimum absolute atomic E-state index is 0.200. The maximum absolute atomic E-state index is 12.6. The molecule has 0 aliphatic carbocycles. The van der Waals surface area contributed by atoms with Crippen LogP contribution in [0.1, 0.15) is 34.3 Å². The molecule has 1 fully saturated rings. The second-order valence-electron chi connectivity index (χ2n) is 6.63. The Balaban J connectivity index is 1.45. The molecule has 1 saturated heterocycles. The highest BCUT2D eigenvalue weighted by Crippen LogP contribution is 2.30. The van der Waals surface area contributed by atoms with Crippen molar-refractivity contribution in [2.45, 2.75) is 18.9 Å². The fraction of sp³-hybridized carbons (Fsp3) is 0.286.